The fourth-order valence-corrected chi connectivity index (χ4v) is 7.84. The first-order valence-corrected chi connectivity index (χ1v) is 14.9. The molecule has 8 aromatic rings. The maximum atomic E-state index is 13.4. The number of rotatable bonds is 1. The molecule has 0 bridgehead atoms. The maximum Gasteiger partial charge on any atom is 0.266 e. The van der Waals surface area contributed by atoms with Gasteiger partial charge in [-0.2, -0.15) is 0 Å². The quantitative estimate of drug-likeness (QED) is 0.149. The van der Waals surface area contributed by atoms with E-state index in [1.54, 1.807) is 10.7 Å². The van der Waals surface area contributed by atoms with E-state index in [2.05, 4.69) is 108 Å². The minimum atomic E-state index is -0.395. The second-order valence-electron chi connectivity index (χ2n) is 11.8. The number of nitrogens with zero attached hydrogens (tertiary/aromatic N) is 3. The first kappa shape index (κ1) is 23.7. The van der Waals surface area contributed by atoms with Crippen LogP contribution in [-0.4, -0.2) is 14.4 Å². The molecule has 2 aliphatic carbocycles. The average Bonchev–Trinajstić information content (AvgIpc) is 3.55. The molecule has 2 heterocycles. The molecule has 204 valence electrons. The Morgan fingerprint density at radius 1 is 0.500 bits per heavy atom. The van der Waals surface area contributed by atoms with Gasteiger partial charge in [-0.15, -0.1) is 0 Å². The Balaban J connectivity index is 1.26. The largest absolute Gasteiger partial charge is 0.268 e. The Morgan fingerprint density at radius 2 is 1.07 bits per heavy atom. The van der Waals surface area contributed by atoms with Crippen LogP contribution in [-0.2, 0) is 5.41 Å². The van der Waals surface area contributed by atoms with Crippen molar-refractivity contribution in [2.24, 2.45) is 0 Å². The van der Waals surface area contributed by atoms with E-state index in [-0.39, 0.29) is 5.56 Å². The lowest BCUT2D eigenvalue weighted by Gasteiger charge is -2.30. The van der Waals surface area contributed by atoms with Crippen LogP contribution in [0.1, 0.15) is 22.3 Å². The van der Waals surface area contributed by atoms with Crippen LogP contribution in [0.4, 0.5) is 0 Å². The minimum absolute atomic E-state index is 0.110. The molecule has 1 spiro atoms. The molecular weight excluding hydrogens is 538 g/mol. The van der Waals surface area contributed by atoms with Crippen molar-refractivity contribution < 1.29 is 0 Å². The first-order valence-electron chi connectivity index (χ1n) is 14.9. The lowest BCUT2D eigenvalue weighted by molar-refractivity contribution is 0.794. The molecule has 4 nitrogen and oxygen atoms in total. The molecule has 10 rings (SSSR count). The normalized spacial score (nSPS) is 13.7. The van der Waals surface area contributed by atoms with Gasteiger partial charge in [0.1, 0.15) is 6.33 Å². The zero-order chi connectivity index (χ0) is 29.0. The summed E-state index contributed by atoms with van der Waals surface area (Å²) < 4.78 is 1.56. The van der Waals surface area contributed by atoms with Crippen LogP contribution in [0.25, 0.3) is 60.8 Å². The highest BCUT2D eigenvalue weighted by molar-refractivity contribution is 5.98. The van der Waals surface area contributed by atoms with Gasteiger partial charge < -0.3 is 0 Å². The van der Waals surface area contributed by atoms with Gasteiger partial charge in [0.05, 0.1) is 21.8 Å². The van der Waals surface area contributed by atoms with Gasteiger partial charge in [-0.25, -0.2) is 14.4 Å². The maximum absolute atomic E-state index is 13.4. The number of benzene rings is 6. The van der Waals surface area contributed by atoms with E-state index in [4.69, 9.17) is 4.98 Å². The molecule has 0 amide bonds. The number of hydrogen-bond acceptors (Lipinski definition) is 3. The van der Waals surface area contributed by atoms with Crippen LogP contribution in [0, 0.1) is 0 Å². The molecule has 2 aliphatic rings. The summed E-state index contributed by atoms with van der Waals surface area (Å²) in [6.07, 6.45) is 1.59. The van der Waals surface area contributed by atoms with Crippen molar-refractivity contribution in [2.75, 3.05) is 0 Å². The van der Waals surface area contributed by atoms with Gasteiger partial charge in [-0.1, -0.05) is 103 Å². The topological polar surface area (TPSA) is 47.3 Å². The molecule has 2 aromatic heterocycles. The van der Waals surface area contributed by atoms with Gasteiger partial charge in [0.25, 0.3) is 5.56 Å². The molecule has 0 saturated carbocycles. The van der Waals surface area contributed by atoms with Crippen molar-refractivity contribution in [3.8, 4) is 33.4 Å². The van der Waals surface area contributed by atoms with E-state index in [0.717, 1.165) is 22.0 Å². The SMILES string of the molecule is O=c1c2ccccc2nc2c3cc(-c4ccc5c(c4)C4(c6ccccc6-c6ccccc64)c4ccccc4-5)ccc3ncn12. The second kappa shape index (κ2) is 8.36. The molecular formula is C40H23N3O. The van der Waals surface area contributed by atoms with Crippen LogP contribution in [0.3, 0.4) is 0 Å². The van der Waals surface area contributed by atoms with E-state index in [1.807, 2.05) is 30.3 Å². The van der Waals surface area contributed by atoms with Crippen molar-refractivity contribution in [3.05, 3.63) is 172 Å². The fraction of sp³-hybridized carbons (Fsp3) is 0.0250. The van der Waals surface area contributed by atoms with Crippen LogP contribution in [0.15, 0.2) is 145 Å². The monoisotopic (exact) mass is 561 g/mol. The van der Waals surface area contributed by atoms with Gasteiger partial charge in [-0.05, 0) is 86.0 Å². The summed E-state index contributed by atoms with van der Waals surface area (Å²) in [6.45, 7) is 0. The highest BCUT2D eigenvalue weighted by Crippen LogP contribution is 2.62. The van der Waals surface area contributed by atoms with Crippen LogP contribution in [0.2, 0.25) is 0 Å². The molecule has 44 heavy (non-hydrogen) atoms. The molecule has 0 saturated heterocycles. The highest BCUT2D eigenvalue weighted by atomic mass is 16.1. The van der Waals surface area contributed by atoms with Crippen molar-refractivity contribution >= 4 is 27.5 Å². The summed E-state index contributed by atoms with van der Waals surface area (Å²) in [5.41, 5.74) is 14.2. The lowest BCUT2D eigenvalue weighted by atomic mass is 9.70. The van der Waals surface area contributed by atoms with Crippen molar-refractivity contribution in [1.82, 2.24) is 14.4 Å². The average molecular weight is 562 g/mol. The zero-order valence-corrected chi connectivity index (χ0v) is 23.5. The molecule has 0 radical (unpaired) electrons. The third kappa shape index (κ3) is 2.85. The summed E-state index contributed by atoms with van der Waals surface area (Å²) in [5, 5.41) is 1.44. The van der Waals surface area contributed by atoms with Crippen molar-refractivity contribution in [1.29, 1.82) is 0 Å². The Bertz CT molecular complexity index is 2530. The Hall–Kier alpha value is -5.87. The van der Waals surface area contributed by atoms with Crippen LogP contribution < -0.4 is 5.56 Å². The summed E-state index contributed by atoms with van der Waals surface area (Å²) in [5.74, 6) is 0. The molecule has 0 N–H and O–H groups in total. The van der Waals surface area contributed by atoms with Gasteiger partial charge >= 0.3 is 0 Å². The molecule has 0 fully saturated rings. The van der Waals surface area contributed by atoms with Gasteiger partial charge in [0, 0.05) is 5.39 Å². The van der Waals surface area contributed by atoms with Crippen LogP contribution >= 0.6 is 0 Å². The smallest absolute Gasteiger partial charge is 0.266 e. The Labute approximate surface area is 252 Å². The number of fused-ring (bicyclic) bond motifs is 14. The standard InChI is InChI=1S/C40H23N3O/c44-39-30-12-4-8-16-37(30)42-38-31-21-24(18-20-36(31)41-23-43(38)39)25-17-19-29-28-11-3-7-15-34(28)40(35(29)22-25)32-13-5-1-9-26(32)27-10-2-6-14-33(27)40/h1-23H. The van der Waals surface area contributed by atoms with Gasteiger partial charge in [0.2, 0.25) is 0 Å². The van der Waals surface area contributed by atoms with Crippen LogP contribution in [0.5, 0.6) is 0 Å². The first-order chi connectivity index (χ1) is 21.7. The molecule has 4 heteroatoms. The highest BCUT2D eigenvalue weighted by Gasteiger charge is 2.51. The predicted octanol–water partition coefficient (Wildman–Crippen LogP) is 8.41. The fourth-order valence-electron chi connectivity index (χ4n) is 7.84. The summed E-state index contributed by atoms with van der Waals surface area (Å²) >= 11 is 0. The number of hydrogen-bond donors (Lipinski definition) is 0. The Kier molecular flexibility index (Phi) is 4.50. The molecule has 0 unspecified atom stereocenters. The number of para-hydroxylation sites is 1. The minimum Gasteiger partial charge on any atom is -0.268 e. The Morgan fingerprint density at radius 3 is 1.77 bits per heavy atom. The van der Waals surface area contributed by atoms with E-state index < -0.39 is 5.41 Å². The van der Waals surface area contributed by atoms with Gasteiger partial charge in [0.15, 0.2) is 5.65 Å². The van der Waals surface area contributed by atoms with Crippen molar-refractivity contribution in [3.63, 3.8) is 0 Å². The van der Waals surface area contributed by atoms with E-state index in [9.17, 15) is 4.79 Å². The van der Waals surface area contributed by atoms with Crippen molar-refractivity contribution in [2.45, 2.75) is 5.41 Å². The third-order valence-corrected chi connectivity index (χ3v) is 9.69. The predicted molar refractivity (Wildman–Crippen MR) is 176 cm³/mol. The zero-order valence-electron chi connectivity index (χ0n) is 23.5. The van der Waals surface area contributed by atoms with Gasteiger partial charge in [-0.3, -0.25) is 4.79 Å². The van der Waals surface area contributed by atoms with E-state index in [1.165, 1.54) is 44.5 Å². The summed E-state index contributed by atoms with van der Waals surface area (Å²) in [6, 6.07) is 47.2. The summed E-state index contributed by atoms with van der Waals surface area (Å²) in [4.78, 5) is 22.9. The number of aromatic nitrogens is 3. The molecule has 6 aromatic carbocycles. The van der Waals surface area contributed by atoms with E-state index in [0.29, 0.717) is 16.6 Å². The molecule has 0 atom stereocenters. The lowest BCUT2D eigenvalue weighted by Crippen LogP contribution is -2.25. The molecule has 0 aliphatic heterocycles. The third-order valence-electron chi connectivity index (χ3n) is 9.69. The van der Waals surface area contributed by atoms with E-state index >= 15 is 0 Å². The second-order valence-corrected chi connectivity index (χ2v) is 11.8. The summed E-state index contributed by atoms with van der Waals surface area (Å²) in [7, 11) is 0.